The van der Waals surface area contributed by atoms with Crippen LogP contribution in [0.25, 0.3) is 0 Å². The highest BCUT2D eigenvalue weighted by Gasteiger charge is 2.14. The minimum absolute atomic E-state index is 0.103. The lowest BCUT2D eigenvalue weighted by Crippen LogP contribution is -2.17. The minimum atomic E-state index is -0.444. The molecule has 2 rings (SSSR count). The molecule has 3 N–H and O–H groups in total. The van der Waals surface area contributed by atoms with Gasteiger partial charge in [-0.25, -0.2) is 0 Å². The smallest absolute Gasteiger partial charge is 0.294 e. The molecule has 98 valence electrons. The Balaban J connectivity index is 2.30. The molecule has 2 aromatic rings. The number of hydrogen-bond acceptors (Lipinski definition) is 4. The number of nitrogens with two attached hydrogens (primary N) is 1. The van der Waals surface area contributed by atoms with Gasteiger partial charge in [-0.15, -0.1) is 0 Å². The molecular formula is C12H10ClN3O2S. The maximum Gasteiger partial charge on any atom is 0.294 e. The topological polar surface area (TPSA) is 81.2 Å². The van der Waals surface area contributed by atoms with Crippen molar-refractivity contribution in [1.29, 1.82) is 0 Å². The molecule has 1 amide bonds. The molecule has 0 radical (unpaired) electrons. The van der Waals surface area contributed by atoms with Crippen molar-refractivity contribution in [3.05, 3.63) is 46.3 Å². The highest BCUT2D eigenvalue weighted by Crippen LogP contribution is 2.22. The van der Waals surface area contributed by atoms with E-state index in [2.05, 4.69) is 10.5 Å². The van der Waals surface area contributed by atoms with Crippen LogP contribution in [0.4, 0.5) is 5.69 Å². The fraction of sp³-hybridized carbons (Fsp3) is 0.0833. The molecular weight excluding hydrogens is 286 g/mol. The Kier molecular flexibility index (Phi) is 3.82. The molecule has 0 aliphatic heterocycles. The number of rotatable bonds is 3. The average Bonchev–Trinajstić information content (AvgIpc) is 2.75. The average molecular weight is 296 g/mol. The molecule has 0 spiro atoms. The first-order valence-electron chi connectivity index (χ1n) is 5.31. The maximum absolute atomic E-state index is 11.9. The highest BCUT2D eigenvalue weighted by molar-refractivity contribution is 7.80. The van der Waals surface area contributed by atoms with Gasteiger partial charge in [-0.1, -0.05) is 29.0 Å². The van der Waals surface area contributed by atoms with Crippen molar-refractivity contribution in [2.75, 3.05) is 5.32 Å². The maximum atomic E-state index is 11.9. The van der Waals surface area contributed by atoms with Crippen LogP contribution in [0.15, 0.2) is 28.8 Å². The number of amides is 1. The third-order valence-electron chi connectivity index (χ3n) is 2.35. The number of nitrogens with zero attached hydrogens (tertiary/aromatic N) is 1. The van der Waals surface area contributed by atoms with Gasteiger partial charge in [-0.05, 0) is 25.1 Å². The highest BCUT2D eigenvalue weighted by atomic mass is 35.5. The number of thiocarbonyl (C=S) groups is 1. The van der Waals surface area contributed by atoms with Gasteiger partial charge >= 0.3 is 0 Å². The normalized spacial score (nSPS) is 10.2. The van der Waals surface area contributed by atoms with Crippen molar-refractivity contribution >= 4 is 40.4 Å². The summed E-state index contributed by atoms with van der Waals surface area (Å²) in [5.41, 5.74) is 7.16. The van der Waals surface area contributed by atoms with Crippen LogP contribution >= 0.6 is 23.8 Å². The van der Waals surface area contributed by atoms with E-state index in [-0.39, 0.29) is 10.7 Å². The van der Waals surface area contributed by atoms with Crippen LogP contribution in [-0.4, -0.2) is 16.1 Å². The van der Waals surface area contributed by atoms with Crippen LogP contribution in [0.3, 0.4) is 0 Å². The molecule has 0 unspecified atom stereocenters. The minimum Gasteiger partial charge on any atom is -0.389 e. The van der Waals surface area contributed by atoms with E-state index in [1.807, 2.05) is 0 Å². The number of benzene rings is 1. The number of aromatic nitrogens is 1. The van der Waals surface area contributed by atoms with Crippen molar-refractivity contribution in [2.45, 2.75) is 6.92 Å². The van der Waals surface area contributed by atoms with Crippen molar-refractivity contribution < 1.29 is 9.32 Å². The lowest BCUT2D eigenvalue weighted by molar-refractivity contribution is 0.0988. The van der Waals surface area contributed by atoms with Crippen molar-refractivity contribution in [3.8, 4) is 0 Å². The zero-order chi connectivity index (χ0) is 14.0. The summed E-state index contributed by atoms with van der Waals surface area (Å²) >= 11 is 10.8. The van der Waals surface area contributed by atoms with Gasteiger partial charge in [0.25, 0.3) is 5.91 Å². The molecule has 1 heterocycles. The molecule has 0 saturated carbocycles. The van der Waals surface area contributed by atoms with Gasteiger partial charge in [0.05, 0.1) is 11.4 Å². The van der Waals surface area contributed by atoms with Gasteiger partial charge < -0.3 is 15.6 Å². The summed E-state index contributed by atoms with van der Waals surface area (Å²) < 4.78 is 4.87. The molecule has 1 aromatic carbocycles. The molecule has 0 aliphatic rings. The van der Waals surface area contributed by atoms with Crippen molar-refractivity contribution in [1.82, 2.24) is 5.16 Å². The summed E-state index contributed by atoms with van der Waals surface area (Å²) in [6, 6.07) is 6.38. The zero-order valence-corrected chi connectivity index (χ0v) is 11.5. The molecule has 0 saturated heterocycles. The Hall–Kier alpha value is -1.92. The predicted octanol–water partition coefficient (Wildman–Crippen LogP) is 2.52. The second kappa shape index (κ2) is 5.38. The largest absolute Gasteiger partial charge is 0.389 e. The lowest BCUT2D eigenvalue weighted by atomic mass is 10.1. The van der Waals surface area contributed by atoms with Crippen LogP contribution in [0, 0.1) is 6.92 Å². The first-order chi connectivity index (χ1) is 8.97. The van der Waals surface area contributed by atoms with Crippen molar-refractivity contribution in [3.63, 3.8) is 0 Å². The van der Waals surface area contributed by atoms with E-state index < -0.39 is 5.91 Å². The van der Waals surface area contributed by atoms with E-state index in [1.165, 1.54) is 6.07 Å². The van der Waals surface area contributed by atoms with Gasteiger partial charge in [-0.3, -0.25) is 4.79 Å². The van der Waals surface area contributed by atoms with Gasteiger partial charge in [0.15, 0.2) is 0 Å². The van der Waals surface area contributed by atoms with Crippen LogP contribution < -0.4 is 11.1 Å². The fourth-order valence-electron chi connectivity index (χ4n) is 1.49. The van der Waals surface area contributed by atoms with E-state index in [0.717, 1.165) is 0 Å². The number of aryl methyl sites for hydroxylation is 1. The van der Waals surface area contributed by atoms with Crippen molar-refractivity contribution in [2.24, 2.45) is 5.73 Å². The Morgan fingerprint density at radius 3 is 2.79 bits per heavy atom. The Morgan fingerprint density at radius 1 is 1.47 bits per heavy atom. The molecule has 7 heteroatoms. The summed E-state index contributed by atoms with van der Waals surface area (Å²) in [6.07, 6.45) is 0. The van der Waals surface area contributed by atoms with Gasteiger partial charge in [0.2, 0.25) is 5.76 Å². The van der Waals surface area contributed by atoms with E-state index in [0.29, 0.717) is 22.0 Å². The van der Waals surface area contributed by atoms with Crippen LogP contribution in [-0.2, 0) is 0 Å². The van der Waals surface area contributed by atoms with E-state index in [4.69, 9.17) is 34.1 Å². The summed E-state index contributed by atoms with van der Waals surface area (Å²) in [7, 11) is 0. The molecule has 5 nitrogen and oxygen atoms in total. The van der Waals surface area contributed by atoms with Crippen LogP contribution in [0.5, 0.6) is 0 Å². The number of nitrogens with one attached hydrogen (secondary N) is 1. The summed E-state index contributed by atoms with van der Waals surface area (Å²) in [4.78, 5) is 12.1. The van der Waals surface area contributed by atoms with Crippen LogP contribution in [0.2, 0.25) is 5.02 Å². The third-order valence-corrected chi connectivity index (χ3v) is 2.80. The summed E-state index contributed by atoms with van der Waals surface area (Å²) in [5, 5.41) is 6.74. The Bertz CT molecular complexity index is 654. The zero-order valence-electron chi connectivity index (χ0n) is 9.94. The SMILES string of the molecule is Cc1cc(C(=O)Nc2cc(Cl)ccc2C(N)=S)on1. The second-order valence-electron chi connectivity index (χ2n) is 3.84. The molecule has 1 aromatic heterocycles. The number of carbonyl (C=O) groups excluding carboxylic acids is 1. The number of anilines is 1. The quantitative estimate of drug-likeness (QED) is 0.850. The standard InChI is InChI=1S/C12H10ClN3O2S/c1-6-4-10(18-16-6)12(17)15-9-5-7(13)2-3-8(9)11(14)19/h2-5H,1H3,(H2,14,19)(H,15,17). The number of hydrogen-bond donors (Lipinski definition) is 2. The van der Waals surface area contributed by atoms with Gasteiger partial charge in [-0.2, -0.15) is 0 Å². The Labute approximate surface area is 119 Å². The van der Waals surface area contributed by atoms with Crippen LogP contribution in [0.1, 0.15) is 21.8 Å². The Morgan fingerprint density at radius 2 is 2.21 bits per heavy atom. The molecule has 0 bridgehead atoms. The molecule has 19 heavy (non-hydrogen) atoms. The molecule has 0 aliphatic carbocycles. The number of carbonyl (C=O) groups is 1. The first-order valence-corrected chi connectivity index (χ1v) is 6.10. The molecule has 0 fully saturated rings. The third kappa shape index (κ3) is 3.10. The van der Waals surface area contributed by atoms with Gasteiger partial charge in [0.1, 0.15) is 4.99 Å². The monoisotopic (exact) mass is 295 g/mol. The predicted molar refractivity (Wildman–Crippen MR) is 76.5 cm³/mol. The van der Waals surface area contributed by atoms with E-state index in [9.17, 15) is 4.79 Å². The van der Waals surface area contributed by atoms with E-state index in [1.54, 1.807) is 25.1 Å². The summed E-state index contributed by atoms with van der Waals surface area (Å²) in [6.45, 7) is 1.72. The first kappa shape index (κ1) is 13.5. The number of halogens is 1. The lowest BCUT2D eigenvalue weighted by Gasteiger charge is -2.09. The second-order valence-corrected chi connectivity index (χ2v) is 4.72. The molecule has 0 atom stereocenters. The fourth-order valence-corrected chi connectivity index (χ4v) is 1.84. The summed E-state index contributed by atoms with van der Waals surface area (Å²) in [5.74, 6) is -0.341. The van der Waals surface area contributed by atoms with E-state index >= 15 is 0 Å². The van der Waals surface area contributed by atoms with Gasteiger partial charge in [0, 0.05) is 16.7 Å².